The van der Waals surface area contributed by atoms with Crippen LogP contribution in [0.3, 0.4) is 0 Å². The molecule has 1 saturated heterocycles. The van der Waals surface area contributed by atoms with Gasteiger partial charge in [0.1, 0.15) is 0 Å². The zero-order chi connectivity index (χ0) is 16.2. The maximum atomic E-state index is 12.7. The minimum absolute atomic E-state index is 0.0291. The van der Waals surface area contributed by atoms with Crippen molar-refractivity contribution in [2.75, 3.05) is 0 Å². The summed E-state index contributed by atoms with van der Waals surface area (Å²) in [6.45, 7) is 2.00. The predicted octanol–water partition coefficient (Wildman–Crippen LogP) is 5.07. The Morgan fingerprint density at radius 2 is 2.04 bits per heavy atom. The highest BCUT2D eigenvalue weighted by atomic mass is 32.2. The van der Waals surface area contributed by atoms with Gasteiger partial charge < -0.3 is 0 Å². The van der Waals surface area contributed by atoms with E-state index in [0.29, 0.717) is 9.23 Å². The van der Waals surface area contributed by atoms with E-state index in [9.17, 15) is 4.79 Å². The van der Waals surface area contributed by atoms with Crippen molar-refractivity contribution in [2.45, 2.75) is 19.8 Å². The third-order valence-corrected chi connectivity index (χ3v) is 4.88. The second-order valence-corrected chi connectivity index (χ2v) is 7.10. The van der Waals surface area contributed by atoms with Crippen molar-refractivity contribution in [3.8, 4) is 0 Å². The molecule has 0 radical (unpaired) electrons. The molecular formula is C19H17NOS2. The lowest BCUT2D eigenvalue weighted by Crippen LogP contribution is -2.27. The standard InChI is InChI=1S/C19H17NOS2/c1-14(12-15-8-4-2-5-9-15)13-17-18(21)20(19(22)23-17)16-10-6-3-7-11-16/h2,4-6,8-13H,3,7H2,1H3/b14-12-,17-13-. The third-order valence-electron chi connectivity index (χ3n) is 3.58. The first-order valence-electron chi connectivity index (χ1n) is 7.53. The summed E-state index contributed by atoms with van der Waals surface area (Å²) >= 11 is 6.76. The lowest BCUT2D eigenvalue weighted by atomic mass is 10.1. The predicted molar refractivity (Wildman–Crippen MR) is 102 cm³/mol. The van der Waals surface area contributed by atoms with Crippen LogP contribution in [0.25, 0.3) is 6.08 Å². The number of benzene rings is 1. The topological polar surface area (TPSA) is 20.3 Å². The molecule has 0 bridgehead atoms. The second-order valence-electron chi connectivity index (χ2n) is 5.42. The summed E-state index contributed by atoms with van der Waals surface area (Å²) in [6.07, 6.45) is 12.1. The minimum Gasteiger partial charge on any atom is -0.268 e. The normalized spacial score (nSPS) is 20.4. The maximum absolute atomic E-state index is 12.7. The Kier molecular flexibility index (Phi) is 4.94. The van der Waals surface area contributed by atoms with E-state index >= 15 is 0 Å². The van der Waals surface area contributed by atoms with Crippen LogP contribution in [0.1, 0.15) is 25.3 Å². The molecule has 3 rings (SSSR count). The van der Waals surface area contributed by atoms with Crippen LogP contribution in [-0.2, 0) is 4.79 Å². The summed E-state index contributed by atoms with van der Waals surface area (Å²) in [7, 11) is 0. The van der Waals surface area contributed by atoms with E-state index in [1.54, 1.807) is 4.90 Å². The Morgan fingerprint density at radius 3 is 2.74 bits per heavy atom. The number of rotatable bonds is 3. The molecule has 2 aliphatic rings. The van der Waals surface area contributed by atoms with Crippen molar-refractivity contribution in [3.05, 3.63) is 76.4 Å². The largest absolute Gasteiger partial charge is 0.270 e. The first-order chi connectivity index (χ1) is 11.1. The molecule has 0 spiro atoms. The molecule has 1 aromatic carbocycles. The van der Waals surface area contributed by atoms with Gasteiger partial charge in [0.05, 0.1) is 4.91 Å². The van der Waals surface area contributed by atoms with Crippen molar-refractivity contribution in [1.82, 2.24) is 4.90 Å². The number of hydrogen-bond donors (Lipinski definition) is 0. The maximum Gasteiger partial charge on any atom is 0.270 e. The van der Waals surface area contributed by atoms with Crippen molar-refractivity contribution in [1.29, 1.82) is 0 Å². The summed E-state index contributed by atoms with van der Waals surface area (Å²) in [4.78, 5) is 15.0. The van der Waals surface area contributed by atoms with Gasteiger partial charge in [-0.25, -0.2) is 0 Å². The Balaban J connectivity index is 1.83. The second kappa shape index (κ2) is 7.11. The van der Waals surface area contributed by atoms with E-state index in [1.165, 1.54) is 11.8 Å². The number of nitrogens with zero attached hydrogens (tertiary/aromatic N) is 1. The van der Waals surface area contributed by atoms with Gasteiger partial charge in [0.25, 0.3) is 5.91 Å². The van der Waals surface area contributed by atoms with Crippen molar-refractivity contribution in [3.63, 3.8) is 0 Å². The average Bonchev–Trinajstić information content (AvgIpc) is 2.83. The van der Waals surface area contributed by atoms with Gasteiger partial charge in [-0.15, -0.1) is 0 Å². The molecule has 1 heterocycles. The van der Waals surface area contributed by atoms with Crippen LogP contribution in [-0.4, -0.2) is 15.1 Å². The smallest absolute Gasteiger partial charge is 0.268 e. The summed E-state index contributed by atoms with van der Waals surface area (Å²) < 4.78 is 0.603. The number of thioether (sulfide) groups is 1. The van der Waals surface area contributed by atoms with Crippen LogP contribution >= 0.6 is 24.0 Å². The lowest BCUT2D eigenvalue weighted by Gasteiger charge is -2.17. The van der Waals surface area contributed by atoms with Crippen LogP contribution in [0.2, 0.25) is 0 Å². The fourth-order valence-corrected chi connectivity index (χ4v) is 3.87. The van der Waals surface area contributed by atoms with Gasteiger partial charge in [0.2, 0.25) is 0 Å². The third kappa shape index (κ3) is 3.71. The average molecular weight is 339 g/mol. The highest BCUT2D eigenvalue weighted by molar-refractivity contribution is 8.26. The van der Waals surface area contributed by atoms with Crippen molar-refractivity contribution in [2.24, 2.45) is 0 Å². The van der Waals surface area contributed by atoms with E-state index in [1.807, 2.05) is 49.4 Å². The number of carbonyl (C=O) groups excluding carboxylic acids is 1. The van der Waals surface area contributed by atoms with Gasteiger partial charge in [-0.05, 0) is 43.1 Å². The molecule has 2 nitrogen and oxygen atoms in total. The van der Waals surface area contributed by atoms with E-state index in [-0.39, 0.29) is 5.91 Å². The van der Waals surface area contributed by atoms with Gasteiger partial charge in [-0.3, -0.25) is 9.69 Å². The quantitative estimate of drug-likeness (QED) is 0.566. The summed E-state index contributed by atoms with van der Waals surface area (Å²) in [5.41, 5.74) is 3.05. The van der Waals surface area contributed by atoms with Gasteiger partial charge >= 0.3 is 0 Å². The molecule has 0 saturated carbocycles. The molecule has 1 aliphatic heterocycles. The Morgan fingerprint density at radius 1 is 1.26 bits per heavy atom. The van der Waals surface area contributed by atoms with E-state index in [2.05, 4.69) is 18.2 Å². The number of amides is 1. The van der Waals surface area contributed by atoms with Crippen LogP contribution in [0.5, 0.6) is 0 Å². The fraction of sp³-hybridized carbons (Fsp3) is 0.158. The molecule has 116 valence electrons. The number of carbonyl (C=O) groups is 1. The first kappa shape index (κ1) is 16.0. The molecule has 1 amide bonds. The Hall–Kier alpha value is -1.91. The Bertz CT molecular complexity index is 757. The zero-order valence-corrected chi connectivity index (χ0v) is 14.5. The van der Waals surface area contributed by atoms with Crippen LogP contribution in [0.15, 0.2) is 70.8 Å². The SMILES string of the molecule is CC(=C/c1ccccc1)/C=C1\SC(=S)N(C2=CCCC=C2)C1=O. The molecule has 23 heavy (non-hydrogen) atoms. The van der Waals surface area contributed by atoms with Gasteiger partial charge in [0, 0.05) is 5.70 Å². The molecule has 0 atom stereocenters. The summed E-state index contributed by atoms with van der Waals surface area (Å²) in [5, 5.41) is 0. The van der Waals surface area contributed by atoms with Crippen molar-refractivity contribution >= 4 is 40.3 Å². The minimum atomic E-state index is -0.0291. The molecule has 0 N–H and O–H groups in total. The zero-order valence-electron chi connectivity index (χ0n) is 12.9. The first-order valence-corrected chi connectivity index (χ1v) is 8.75. The van der Waals surface area contributed by atoms with Crippen molar-refractivity contribution < 1.29 is 4.79 Å². The van der Waals surface area contributed by atoms with E-state index in [4.69, 9.17) is 12.2 Å². The van der Waals surface area contributed by atoms with Crippen LogP contribution in [0, 0.1) is 0 Å². The van der Waals surface area contributed by atoms with Crippen LogP contribution in [0.4, 0.5) is 0 Å². The number of thiocarbonyl (C=S) groups is 1. The highest BCUT2D eigenvalue weighted by Gasteiger charge is 2.33. The fourth-order valence-electron chi connectivity index (χ4n) is 2.52. The van der Waals surface area contributed by atoms with E-state index in [0.717, 1.165) is 29.7 Å². The Labute approximate surface area is 146 Å². The summed E-state index contributed by atoms with van der Waals surface area (Å²) in [5.74, 6) is -0.0291. The van der Waals surface area contributed by atoms with Gasteiger partial charge in [-0.2, -0.15) is 0 Å². The monoisotopic (exact) mass is 339 g/mol. The van der Waals surface area contributed by atoms with Gasteiger partial charge in [-0.1, -0.05) is 72.5 Å². The molecule has 1 aromatic rings. The highest BCUT2D eigenvalue weighted by Crippen LogP contribution is 2.35. The van der Waals surface area contributed by atoms with Gasteiger partial charge in [0.15, 0.2) is 4.32 Å². The van der Waals surface area contributed by atoms with E-state index < -0.39 is 0 Å². The molecule has 4 heteroatoms. The summed E-state index contributed by atoms with van der Waals surface area (Å²) in [6, 6.07) is 10.1. The number of allylic oxidation sites excluding steroid dienone is 5. The van der Waals surface area contributed by atoms with Crippen LogP contribution < -0.4 is 0 Å². The molecule has 0 unspecified atom stereocenters. The molecule has 0 aromatic heterocycles. The molecular weight excluding hydrogens is 322 g/mol. The molecule has 1 aliphatic carbocycles. The lowest BCUT2D eigenvalue weighted by molar-refractivity contribution is -0.120. The molecule has 1 fully saturated rings. The number of hydrogen-bond acceptors (Lipinski definition) is 3.